The lowest BCUT2D eigenvalue weighted by molar-refractivity contribution is -0.117. The molecule has 2 rings (SSSR count). The van der Waals surface area contributed by atoms with Gasteiger partial charge in [0.25, 0.3) is 11.8 Å². The normalized spacial score (nSPS) is 10.5. The average molecular weight is 357 g/mol. The van der Waals surface area contributed by atoms with Crippen LogP contribution in [0.1, 0.15) is 35.8 Å². The van der Waals surface area contributed by atoms with Gasteiger partial charge in [0.1, 0.15) is 5.69 Å². The van der Waals surface area contributed by atoms with Crippen molar-refractivity contribution in [2.45, 2.75) is 19.8 Å². The average Bonchev–Trinajstić information content (AvgIpc) is 3.20. The topological polar surface area (TPSA) is 92.5 Å². The molecule has 0 unspecified atom stereocenters. The minimum atomic E-state index is -0.452. The Morgan fingerprint density at radius 3 is 2.73 bits per heavy atom. The zero-order chi connectivity index (χ0) is 18.8. The molecule has 1 aromatic carbocycles. The van der Waals surface area contributed by atoms with Crippen LogP contribution in [0.15, 0.2) is 42.6 Å². The van der Waals surface area contributed by atoms with Crippen LogP contribution in [0.2, 0.25) is 0 Å². The molecule has 7 nitrogen and oxygen atoms in total. The van der Waals surface area contributed by atoms with Gasteiger partial charge < -0.3 is 14.5 Å². The minimum Gasteiger partial charge on any atom is -0.493 e. The van der Waals surface area contributed by atoms with Gasteiger partial charge in [0.15, 0.2) is 11.5 Å². The monoisotopic (exact) mass is 357 g/mol. The number of aromatic amines is 1. The number of benzene rings is 1. The quantitative estimate of drug-likeness (QED) is 0.385. The first-order valence-corrected chi connectivity index (χ1v) is 8.36. The number of aromatic nitrogens is 1. The van der Waals surface area contributed by atoms with E-state index in [-0.39, 0.29) is 0 Å². The summed E-state index contributed by atoms with van der Waals surface area (Å²) in [5, 5.41) is 0. The highest BCUT2D eigenvalue weighted by molar-refractivity contribution is 5.96. The van der Waals surface area contributed by atoms with Crippen LogP contribution >= 0.6 is 0 Å². The number of methoxy groups -OCH3 is 1. The number of amides is 2. The Bertz CT molecular complexity index is 754. The Hall–Kier alpha value is -3.22. The van der Waals surface area contributed by atoms with E-state index in [2.05, 4.69) is 22.8 Å². The fourth-order valence-electron chi connectivity index (χ4n) is 2.10. The van der Waals surface area contributed by atoms with Gasteiger partial charge in [0.2, 0.25) is 0 Å². The van der Waals surface area contributed by atoms with E-state index >= 15 is 0 Å². The summed E-state index contributed by atoms with van der Waals surface area (Å²) in [4.78, 5) is 26.3. The SMILES string of the molecule is CCCCOc1ccc(/C=C/C(=O)NNC(=O)c2ccc[nH]2)cc1OC. The molecule has 0 radical (unpaired) electrons. The molecule has 2 aromatic rings. The number of rotatable bonds is 8. The van der Waals surface area contributed by atoms with Gasteiger partial charge >= 0.3 is 0 Å². The van der Waals surface area contributed by atoms with Crippen molar-refractivity contribution < 1.29 is 19.1 Å². The van der Waals surface area contributed by atoms with Gasteiger partial charge in [-0.3, -0.25) is 20.4 Å². The van der Waals surface area contributed by atoms with Gasteiger partial charge in [-0.2, -0.15) is 0 Å². The molecule has 0 spiro atoms. The minimum absolute atomic E-state index is 0.359. The summed E-state index contributed by atoms with van der Waals surface area (Å²) in [7, 11) is 1.57. The van der Waals surface area contributed by atoms with Gasteiger partial charge in [0, 0.05) is 12.3 Å². The molecule has 0 aliphatic carbocycles. The third-order valence-electron chi connectivity index (χ3n) is 3.51. The predicted octanol–water partition coefficient (Wildman–Crippen LogP) is 2.68. The van der Waals surface area contributed by atoms with Crippen LogP contribution in [0.3, 0.4) is 0 Å². The smallest absolute Gasteiger partial charge is 0.286 e. The number of hydrazine groups is 1. The fourth-order valence-corrected chi connectivity index (χ4v) is 2.10. The fraction of sp³-hybridized carbons (Fsp3) is 0.263. The largest absolute Gasteiger partial charge is 0.493 e. The Labute approximate surface area is 152 Å². The Morgan fingerprint density at radius 2 is 2.04 bits per heavy atom. The lowest BCUT2D eigenvalue weighted by atomic mass is 10.2. The van der Waals surface area contributed by atoms with Gasteiger partial charge in [-0.05, 0) is 42.3 Å². The van der Waals surface area contributed by atoms with Crippen molar-refractivity contribution in [1.82, 2.24) is 15.8 Å². The number of hydrogen-bond acceptors (Lipinski definition) is 4. The summed E-state index contributed by atoms with van der Waals surface area (Å²) in [6, 6.07) is 8.71. The van der Waals surface area contributed by atoms with Gasteiger partial charge in [0.05, 0.1) is 13.7 Å². The first-order valence-electron chi connectivity index (χ1n) is 8.36. The Morgan fingerprint density at radius 1 is 1.19 bits per heavy atom. The van der Waals surface area contributed by atoms with Crippen molar-refractivity contribution in [3.8, 4) is 11.5 Å². The zero-order valence-electron chi connectivity index (χ0n) is 14.9. The number of ether oxygens (including phenoxy) is 2. The van der Waals surface area contributed by atoms with Crippen LogP contribution in [-0.2, 0) is 4.79 Å². The van der Waals surface area contributed by atoms with E-state index in [9.17, 15) is 9.59 Å². The number of carbonyl (C=O) groups excluding carboxylic acids is 2. The summed E-state index contributed by atoms with van der Waals surface area (Å²) < 4.78 is 11.0. The van der Waals surface area contributed by atoms with Crippen LogP contribution in [0, 0.1) is 0 Å². The second kappa shape index (κ2) is 9.93. The third-order valence-corrected chi connectivity index (χ3v) is 3.51. The number of hydrogen-bond donors (Lipinski definition) is 3. The standard InChI is InChI=1S/C19H23N3O4/c1-3-4-12-26-16-9-7-14(13-17(16)25-2)8-10-18(23)21-22-19(24)15-6-5-11-20-15/h5-11,13,20H,3-4,12H2,1-2H3,(H,21,23)(H,22,24)/b10-8+. The molecule has 0 atom stereocenters. The summed E-state index contributed by atoms with van der Waals surface area (Å²) in [6.07, 6.45) is 6.59. The van der Waals surface area contributed by atoms with Crippen molar-refractivity contribution in [2.24, 2.45) is 0 Å². The van der Waals surface area contributed by atoms with E-state index in [1.165, 1.54) is 6.08 Å². The van der Waals surface area contributed by atoms with Crippen molar-refractivity contribution in [2.75, 3.05) is 13.7 Å². The number of unbranched alkanes of at least 4 members (excludes halogenated alkanes) is 1. The molecule has 0 saturated heterocycles. The second-order valence-electron chi connectivity index (χ2n) is 5.47. The van der Waals surface area contributed by atoms with E-state index in [0.717, 1.165) is 18.4 Å². The highest BCUT2D eigenvalue weighted by Gasteiger charge is 2.07. The maximum atomic E-state index is 11.8. The molecule has 7 heteroatoms. The van der Waals surface area contributed by atoms with Crippen molar-refractivity contribution in [3.63, 3.8) is 0 Å². The molecule has 26 heavy (non-hydrogen) atoms. The highest BCUT2D eigenvalue weighted by atomic mass is 16.5. The van der Waals surface area contributed by atoms with Crippen molar-refractivity contribution in [3.05, 3.63) is 53.9 Å². The molecule has 2 amide bonds. The molecule has 0 aliphatic rings. The lowest BCUT2D eigenvalue weighted by Crippen LogP contribution is -2.40. The van der Waals surface area contributed by atoms with Crippen molar-refractivity contribution in [1.29, 1.82) is 0 Å². The Balaban J connectivity index is 1.90. The van der Waals surface area contributed by atoms with Crippen LogP contribution in [-0.4, -0.2) is 30.5 Å². The molecule has 138 valence electrons. The zero-order valence-corrected chi connectivity index (χ0v) is 14.9. The van der Waals surface area contributed by atoms with Crippen LogP contribution < -0.4 is 20.3 Å². The molecular formula is C19H23N3O4. The summed E-state index contributed by atoms with van der Waals surface area (Å²) >= 11 is 0. The molecule has 0 saturated carbocycles. The van der Waals surface area contributed by atoms with E-state index in [1.807, 2.05) is 6.07 Å². The third kappa shape index (κ3) is 5.70. The maximum absolute atomic E-state index is 11.8. The van der Waals surface area contributed by atoms with E-state index in [0.29, 0.717) is 23.8 Å². The summed E-state index contributed by atoms with van der Waals surface area (Å²) in [6.45, 7) is 2.73. The number of carbonyl (C=O) groups is 2. The Kier molecular flexibility index (Phi) is 7.30. The van der Waals surface area contributed by atoms with Gasteiger partial charge in [-0.1, -0.05) is 19.4 Å². The summed E-state index contributed by atoms with van der Waals surface area (Å²) in [5.41, 5.74) is 5.76. The second-order valence-corrected chi connectivity index (χ2v) is 5.47. The molecule has 0 bridgehead atoms. The van der Waals surface area contributed by atoms with Crippen molar-refractivity contribution >= 4 is 17.9 Å². The molecule has 3 N–H and O–H groups in total. The van der Waals surface area contributed by atoms with Crippen LogP contribution in [0.25, 0.3) is 6.08 Å². The van der Waals surface area contributed by atoms with Gasteiger partial charge in [-0.25, -0.2) is 0 Å². The van der Waals surface area contributed by atoms with Gasteiger partial charge in [-0.15, -0.1) is 0 Å². The molecule has 1 heterocycles. The highest BCUT2D eigenvalue weighted by Crippen LogP contribution is 2.28. The molecule has 0 aliphatic heterocycles. The van der Waals surface area contributed by atoms with E-state index in [1.54, 1.807) is 43.6 Å². The first-order chi connectivity index (χ1) is 12.6. The lowest BCUT2D eigenvalue weighted by Gasteiger charge is -2.11. The number of nitrogens with one attached hydrogen (secondary N) is 3. The summed E-state index contributed by atoms with van der Waals surface area (Å²) in [5.74, 6) is 0.392. The molecular weight excluding hydrogens is 334 g/mol. The molecule has 1 aromatic heterocycles. The van der Waals surface area contributed by atoms with Crippen LogP contribution in [0.5, 0.6) is 11.5 Å². The van der Waals surface area contributed by atoms with E-state index < -0.39 is 11.8 Å². The van der Waals surface area contributed by atoms with Crippen LogP contribution in [0.4, 0.5) is 0 Å². The predicted molar refractivity (Wildman–Crippen MR) is 98.8 cm³/mol. The van der Waals surface area contributed by atoms with E-state index in [4.69, 9.17) is 9.47 Å². The number of H-pyrrole nitrogens is 1. The molecule has 0 fully saturated rings. The first kappa shape index (κ1) is 19.1. The maximum Gasteiger partial charge on any atom is 0.286 e.